The quantitative estimate of drug-likeness (QED) is 0.757. The Hall–Kier alpha value is -2.75. The number of aromatic amines is 1. The maximum absolute atomic E-state index is 12.7. The number of morpholine rings is 1. The fraction of sp³-hybridized carbons (Fsp3) is 0.650. The van der Waals surface area contributed by atoms with Crippen molar-refractivity contribution in [3.05, 3.63) is 34.3 Å². The van der Waals surface area contributed by atoms with Crippen molar-refractivity contribution in [1.29, 1.82) is 0 Å². The van der Waals surface area contributed by atoms with Crippen molar-refractivity contribution < 1.29 is 9.53 Å². The van der Waals surface area contributed by atoms with E-state index in [0.717, 1.165) is 50.0 Å². The van der Waals surface area contributed by atoms with Crippen molar-refractivity contribution in [3.8, 4) is 0 Å². The minimum absolute atomic E-state index is 0.00851. The number of nitrogens with zero attached hydrogens (tertiary/aromatic N) is 6. The Morgan fingerprint density at radius 3 is 2.57 bits per heavy atom. The number of amides is 1. The van der Waals surface area contributed by atoms with Crippen LogP contribution in [0.25, 0.3) is 0 Å². The highest BCUT2D eigenvalue weighted by Gasteiger charge is 2.44. The van der Waals surface area contributed by atoms with E-state index in [9.17, 15) is 9.59 Å². The molecule has 2 aliphatic heterocycles. The number of ether oxygens (including phenoxy) is 1. The molecule has 2 saturated heterocycles. The van der Waals surface area contributed by atoms with E-state index in [4.69, 9.17) is 9.72 Å². The summed E-state index contributed by atoms with van der Waals surface area (Å²) in [5.41, 5.74) is 1.70. The Morgan fingerprint density at radius 2 is 1.83 bits per heavy atom. The lowest BCUT2D eigenvalue weighted by molar-refractivity contribution is -0.133. The first-order valence-corrected chi connectivity index (χ1v) is 10.7. The molecule has 0 atom stereocenters. The van der Waals surface area contributed by atoms with E-state index in [-0.39, 0.29) is 16.9 Å². The minimum atomic E-state index is -0.0876. The number of nitrogens with one attached hydrogen (secondary N) is 1. The van der Waals surface area contributed by atoms with Gasteiger partial charge in [-0.2, -0.15) is 0 Å². The number of rotatable bonds is 4. The first kappa shape index (κ1) is 19.2. The third kappa shape index (κ3) is 3.49. The summed E-state index contributed by atoms with van der Waals surface area (Å²) in [5.74, 6) is 0.820. The zero-order valence-electron chi connectivity index (χ0n) is 17.0. The number of carbonyl (C=O) groups excluding carboxylic acids is 1. The Morgan fingerprint density at radius 1 is 1.10 bits per heavy atom. The van der Waals surface area contributed by atoms with Crippen LogP contribution in [0.15, 0.2) is 17.4 Å². The van der Waals surface area contributed by atoms with Crippen molar-refractivity contribution in [3.63, 3.8) is 0 Å². The first-order valence-electron chi connectivity index (χ1n) is 10.7. The molecule has 2 fully saturated rings. The van der Waals surface area contributed by atoms with E-state index in [1.54, 1.807) is 12.7 Å². The van der Waals surface area contributed by atoms with Gasteiger partial charge in [0.25, 0.3) is 5.56 Å². The lowest BCUT2D eigenvalue weighted by Crippen LogP contribution is -2.45. The van der Waals surface area contributed by atoms with Crippen LogP contribution in [-0.2, 0) is 27.9 Å². The number of aromatic nitrogens is 5. The van der Waals surface area contributed by atoms with Crippen LogP contribution in [0.2, 0.25) is 0 Å². The first-order chi connectivity index (χ1) is 14.6. The summed E-state index contributed by atoms with van der Waals surface area (Å²) in [6.45, 7) is 4.79. The smallest absolute Gasteiger partial charge is 0.255 e. The summed E-state index contributed by atoms with van der Waals surface area (Å²) >= 11 is 0. The van der Waals surface area contributed by atoms with Gasteiger partial charge >= 0.3 is 0 Å². The number of aryl methyl sites for hydroxylation is 1. The summed E-state index contributed by atoms with van der Waals surface area (Å²) in [5, 5.41) is 7.55. The number of hydrogen-bond acceptors (Lipinski definition) is 7. The van der Waals surface area contributed by atoms with Gasteiger partial charge in [0.1, 0.15) is 12.7 Å². The zero-order chi connectivity index (χ0) is 20.6. The Balaban J connectivity index is 1.29. The molecule has 5 rings (SSSR count). The van der Waals surface area contributed by atoms with Crippen LogP contribution in [0.1, 0.15) is 36.9 Å². The summed E-state index contributed by atoms with van der Waals surface area (Å²) in [4.78, 5) is 37.4. The molecule has 0 unspecified atom stereocenters. The Bertz CT molecular complexity index is 957. The van der Waals surface area contributed by atoms with Crippen LogP contribution < -0.4 is 10.5 Å². The molecular formula is C20H27N7O3. The van der Waals surface area contributed by atoms with Crippen molar-refractivity contribution in [1.82, 2.24) is 29.6 Å². The van der Waals surface area contributed by atoms with E-state index in [1.807, 2.05) is 9.47 Å². The summed E-state index contributed by atoms with van der Waals surface area (Å²) < 4.78 is 7.24. The third-order valence-electron chi connectivity index (χ3n) is 6.79. The van der Waals surface area contributed by atoms with Gasteiger partial charge in [0.2, 0.25) is 11.9 Å². The highest BCUT2D eigenvalue weighted by molar-refractivity contribution is 5.76. The molecule has 0 radical (unpaired) electrons. The Kier molecular flexibility index (Phi) is 5.01. The molecule has 2 aromatic rings. The normalized spacial score (nSPS) is 20.5. The predicted molar refractivity (Wildman–Crippen MR) is 108 cm³/mol. The minimum Gasteiger partial charge on any atom is -0.378 e. The largest absolute Gasteiger partial charge is 0.378 e. The van der Waals surface area contributed by atoms with E-state index in [1.165, 1.54) is 0 Å². The van der Waals surface area contributed by atoms with E-state index in [0.29, 0.717) is 45.2 Å². The van der Waals surface area contributed by atoms with E-state index >= 15 is 0 Å². The standard InChI is InChI=1S/C20H27N7O3/c28-16(2-6-25-13-21-22-14-25)26-7-4-20(5-8-26)3-1-15-17(20)23-19(24-18(15)29)27-9-11-30-12-10-27/h13-14H,1-12H2,(H,23,24,29). The molecule has 3 aliphatic rings. The highest BCUT2D eigenvalue weighted by Crippen LogP contribution is 2.44. The molecule has 2 aromatic heterocycles. The number of H-pyrrole nitrogens is 1. The van der Waals surface area contributed by atoms with Gasteiger partial charge in [0.15, 0.2) is 0 Å². The monoisotopic (exact) mass is 413 g/mol. The van der Waals surface area contributed by atoms with Gasteiger partial charge in [0, 0.05) is 50.1 Å². The SMILES string of the molecule is O=C(CCn1cnnc1)N1CCC2(CCc3c2nc(N2CCOCC2)[nH]c3=O)CC1. The van der Waals surface area contributed by atoms with Crippen LogP contribution >= 0.6 is 0 Å². The molecule has 1 N–H and O–H groups in total. The molecule has 10 nitrogen and oxygen atoms in total. The molecule has 1 aliphatic carbocycles. The van der Waals surface area contributed by atoms with Gasteiger partial charge in [0.05, 0.1) is 18.9 Å². The molecule has 10 heteroatoms. The van der Waals surface area contributed by atoms with E-state index < -0.39 is 0 Å². The molecule has 0 aromatic carbocycles. The topological polar surface area (TPSA) is 109 Å². The second-order valence-corrected chi connectivity index (χ2v) is 8.43. The number of piperidine rings is 1. The second-order valence-electron chi connectivity index (χ2n) is 8.43. The molecule has 1 spiro atoms. The van der Waals surface area contributed by atoms with Gasteiger partial charge in [-0.1, -0.05) is 0 Å². The fourth-order valence-electron chi connectivity index (χ4n) is 4.96. The summed E-state index contributed by atoms with van der Waals surface area (Å²) in [7, 11) is 0. The van der Waals surface area contributed by atoms with Crippen LogP contribution in [0.5, 0.6) is 0 Å². The summed E-state index contributed by atoms with van der Waals surface area (Å²) in [6.07, 6.45) is 7.12. The maximum atomic E-state index is 12.7. The van der Waals surface area contributed by atoms with Gasteiger partial charge in [-0.25, -0.2) is 4.98 Å². The van der Waals surface area contributed by atoms with Crippen molar-refractivity contribution in [2.45, 2.75) is 44.1 Å². The molecule has 0 bridgehead atoms. The van der Waals surface area contributed by atoms with Gasteiger partial charge < -0.3 is 19.1 Å². The number of hydrogen-bond donors (Lipinski definition) is 1. The lowest BCUT2D eigenvalue weighted by atomic mass is 9.76. The van der Waals surface area contributed by atoms with Crippen molar-refractivity contribution in [2.24, 2.45) is 0 Å². The molecular weight excluding hydrogens is 386 g/mol. The van der Waals surface area contributed by atoms with Gasteiger partial charge in [-0.15, -0.1) is 10.2 Å². The zero-order valence-corrected chi connectivity index (χ0v) is 17.0. The van der Waals surface area contributed by atoms with Crippen LogP contribution in [0, 0.1) is 0 Å². The van der Waals surface area contributed by atoms with E-state index in [2.05, 4.69) is 20.1 Å². The summed E-state index contributed by atoms with van der Waals surface area (Å²) in [6, 6.07) is 0. The highest BCUT2D eigenvalue weighted by atomic mass is 16.5. The molecule has 4 heterocycles. The predicted octanol–water partition coefficient (Wildman–Crippen LogP) is 0.0947. The third-order valence-corrected chi connectivity index (χ3v) is 6.79. The fourth-order valence-corrected chi connectivity index (χ4v) is 4.96. The lowest BCUT2D eigenvalue weighted by Gasteiger charge is -2.39. The number of likely N-dealkylation sites (tertiary alicyclic amines) is 1. The number of carbonyl (C=O) groups is 1. The number of fused-ring (bicyclic) bond motifs is 2. The second kappa shape index (κ2) is 7.82. The molecule has 30 heavy (non-hydrogen) atoms. The average Bonchev–Trinajstić information content (AvgIpc) is 3.42. The maximum Gasteiger partial charge on any atom is 0.255 e. The van der Waals surface area contributed by atoms with Gasteiger partial charge in [-0.3, -0.25) is 14.6 Å². The number of anilines is 1. The van der Waals surface area contributed by atoms with Crippen LogP contribution in [0.3, 0.4) is 0 Å². The van der Waals surface area contributed by atoms with Gasteiger partial charge in [-0.05, 0) is 25.7 Å². The van der Waals surface area contributed by atoms with Crippen molar-refractivity contribution >= 4 is 11.9 Å². The Labute approximate surface area is 174 Å². The van der Waals surface area contributed by atoms with Crippen LogP contribution in [0.4, 0.5) is 5.95 Å². The molecule has 1 amide bonds. The molecule has 0 saturated carbocycles. The average molecular weight is 413 g/mol. The van der Waals surface area contributed by atoms with Crippen molar-refractivity contribution in [2.75, 3.05) is 44.3 Å². The van der Waals surface area contributed by atoms with Crippen LogP contribution in [-0.4, -0.2) is 74.9 Å². The molecule has 160 valence electrons.